The van der Waals surface area contributed by atoms with Crippen molar-refractivity contribution in [3.8, 4) is 0 Å². The molecule has 0 saturated carbocycles. The highest BCUT2D eigenvalue weighted by Gasteiger charge is 2.48. The van der Waals surface area contributed by atoms with E-state index in [1.807, 2.05) is 0 Å². The molecule has 0 aromatic rings. The van der Waals surface area contributed by atoms with Gasteiger partial charge in [0.15, 0.2) is 0 Å². The van der Waals surface area contributed by atoms with Gasteiger partial charge in [-0.3, -0.25) is 4.79 Å². The van der Waals surface area contributed by atoms with Crippen molar-refractivity contribution in [3.63, 3.8) is 0 Å². The van der Waals surface area contributed by atoms with E-state index in [0.717, 1.165) is 0 Å². The van der Waals surface area contributed by atoms with Crippen LogP contribution in [0.2, 0.25) is 0 Å². The highest BCUT2D eigenvalue weighted by atomic mass is 32.2. The number of sulfonamides is 1. The van der Waals surface area contributed by atoms with Gasteiger partial charge in [0, 0.05) is 6.61 Å². The molecule has 0 aromatic heterocycles. The largest absolute Gasteiger partial charge is 0.481 e. The summed E-state index contributed by atoms with van der Waals surface area (Å²) < 4.78 is 35.9. The standard InChI is InChI=1S/C10H19NO6S/c1-3-16-4-5-18(14,15)11-8-6-17-7-10(8,2)9(12)13/h8,11H,3-7H2,1-2H3,(H,12,13). The summed E-state index contributed by atoms with van der Waals surface area (Å²) >= 11 is 0. The van der Waals surface area contributed by atoms with Crippen LogP contribution in [0.15, 0.2) is 0 Å². The van der Waals surface area contributed by atoms with Crippen LogP contribution < -0.4 is 4.72 Å². The Kier molecular flexibility index (Phi) is 5.09. The van der Waals surface area contributed by atoms with Crippen molar-refractivity contribution < 1.29 is 27.8 Å². The van der Waals surface area contributed by atoms with Gasteiger partial charge in [-0.25, -0.2) is 13.1 Å². The third-order valence-corrected chi connectivity index (χ3v) is 4.31. The molecule has 18 heavy (non-hydrogen) atoms. The van der Waals surface area contributed by atoms with Gasteiger partial charge in [0.1, 0.15) is 5.41 Å². The molecule has 8 heteroatoms. The van der Waals surface area contributed by atoms with Crippen molar-refractivity contribution in [3.05, 3.63) is 0 Å². The van der Waals surface area contributed by atoms with Gasteiger partial charge < -0.3 is 14.6 Å². The second kappa shape index (κ2) is 5.96. The quantitative estimate of drug-likeness (QED) is 0.606. The van der Waals surface area contributed by atoms with E-state index in [-0.39, 0.29) is 25.6 Å². The van der Waals surface area contributed by atoms with E-state index in [9.17, 15) is 13.2 Å². The summed E-state index contributed by atoms with van der Waals surface area (Å²) in [6.07, 6.45) is 0. The molecule has 7 nitrogen and oxygen atoms in total. The molecule has 2 atom stereocenters. The van der Waals surface area contributed by atoms with Crippen LogP contribution in [0.1, 0.15) is 13.8 Å². The van der Waals surface area contributed by atoms with Crippen LogP contribution in [-0.4, -0.2) is 57.7 Å². The zero-order chi connectivity index (χ0) is 13.8. The molecule has 1 aliphatic heterocycles. The lowest BCUT2D eigenvalue weighted by atomic mass is 9.86. The minimum atomic E-state index is -3.56. The van der Waals surface area contributed by atoms with Crippen molar-refractivity contribution in [2.24, 2.45) is 5.41 Å². The molecular weight excluding hydrogens is 262 g/mol. The molecule has 2 unspecified atom stereocenters. The molecule has 1 saturated heterocycles. The first kappa shape index (κ1) is 15.4. The minimum absolute atomic E-state index is 0.000972. The average molecular weight is 281 g/mol. The molecule has 1 aliphatic rings. The Morgan fingerprint density at radius 3 is 2.83 bits per heavy atom. The molecule has 0 spiro atoms. The average Bonchev–Trinajstić information content (AvgIpc) is 2.61. The van der Waals surface area contributed by atoms with Gasteiger partial charge >= 0.3 is 5.97 Å². The second-order valence-electron chi connectivity index (χ2n) is 4.42. The second-order valence-corrected chi connectivity index (χ2v) is 6.30. The Balaban J connectivity index is 2.63. The van der Waals surface area contributed by atoms with Crippen LogP contribution >= 0.6 is 0 Å². The maximum Gasteiger partial charge on any atom is 0.313 e. The number of hydrogen-bond donors (Lipinski definition) is 2. The number of carbonyl (C=O) groups is 1. The van der Waals surface area contributed by atoms with E-state index in [4.69, 9.17) is 14.6 Å². The molecule has 0 amide bonds. The topological polar surface area (TPSA) is 102 Å². The number of nitrogens with one attached hydrogen (secondary N) is 1. The number of carboxylic acids is 1. The SMILES string of the molecule is CCOCCS(=O)(=O)NC1COCC1(C)C(=O)O. The first-order valence-corrected chi connectivity index (χ1v) is 7.36. The maximum absolute atomic E-state index is 11.7. The van der Waals surface area contributed by atoms with Crippen molar-refractivity contribution in [2.75, 3.05) is 32.2 Å². The van der Waals surface area contributed by atoms with E-state index in [2.05, 4.69) is 4.72 Å². The summed E-state index contributed by atoms with van der Waals surface area (Å²) in [5.74, 6) is -1.26. The molecule has 0 radical (unpaired) electrons. The Morgan fingerprint density at radius 1 is 1.61 bits per heavy atom. The van der Waals surface area contributed by atoms with Gasteiger partial charge in [-0.1, -0.05) is 0 Å². The van der Waals surface area contributed by atoms with E-state index in [1.165, 1.54) is 6.92 Å². The van der Waals surface area contributed by atoms with E-state index in [1.54, 1.807) is 6.92 Å². The number of aliphatic carboxylic acids is 1. The van der Waals surface area contributed by atoms with Gasteiger partial charge in [-0.05, 0) is 13.8 Å². The fraction of sp³-hybridized carbons (Fsp3) is 0.900. The molecule has 0 aliphatic carbocycles. The summed E-state index contributed by atoms with van der Waals surface area (Å²) in [6.45, 7) is 3.83. The van der Waals surface area contributed by atoms with Gasteiger partial charge in [-0.15, -0.1) is 0 Å². The Morgan fingerprint density at radius 2 is 2.28 bits per heavy atom. The fourth-order valence-electron chi connectivity index (χ4n) is 1.64. The molecule has 1 heterocycles. The third-order valence-electron chi connectivity index (χ3n) is 2.97. The lowest BCUT2D eigenvalue weighted by molar-refractivity contribution is -0.148. The van der Waals surface area contributed by atoms with Crippen molar-refractivity contribution in [1.29, 1.82) is 0 Å². The first-order chi connectivity index (χ1) is 8.32. The summed E-state index contributed by atoms with van der Waals surface area (Å²) in [6, 6.07) is -0.748. The molecule has 1 rings (SSSR count). The van der Waals surface area contributed by atoms with E-state index in [0.29, 0.717) is 6.61 Å². The summed E-state index contributed by atoms with van der Waals surface area (Å²) in [5.41, 5.74) is -1.22. The zero-order valence-corrected chi connectivity index (χ0v) is 11.3. The van der Waals surface area contributed by atoms with Gasteiger partial charge in [0.2, 0.25) is 10.0 Å². The summed E-state index contributed by atoms with van der Waals surface area (Å²) in [7, 11) is -3.56. The summed E-state index contributed by atoms with van der Waals surface area (Å²) in [5, 5.41) is 9.11. The van der Waals surface area contributed by atoms with Crippen molar-refractivity contribution in [2.45, 2.75) is 19.9 Å². The zero-order valence-electron chi connectivity index (χ0n) is 10.5. The molecule has 2 N–H and O–H groups in total. The number of hydrogen-bond acceptors (Lipinski definition) is 5. The van der Waals surface area contributed by atoms with Crippen molar-refractivity contribution >= 4 is 16.0 Å². The van der Waals surface area contributed by atoms with Crippen LogP contribution in [0.3, 0.4) is 0 Å². The lowest BCUT2D eigenvalue weighted by Gasteiger charge is -2.25. The Bertz CT molecular complexity index is 395. The van der Waals surface area contributed by atoms with Crippen LogP contribution in [0.4, 0.5) is 0 Å². The van der Waals surface area contributed by atoms with Gasteiger partial charge in [0.25, 0.3) is 0 Å². The van der Waals surface area contributed by atoms with Crippen LogP contribution in [-0.2, 0) is 24.3 Å². The van der Waals surface area contributed by atoms with E-state index < -0.39 is 27.4 Å². The Hall–Kier alpha value is -0.700. The van der Waals surface area contributed by atoms with Crippen molar-refractivity contribution in [1.82, 2.24) is 4.72 Å². The van der Waals surface area contributed by atoms with Crippen LogP contribution in [0.25, 0.3) is 0 Å². The predicted molar refractivity (Wildman–Crippen MR) is 63.8 cm³/mol. The minimum Gasteiger partial charge on any atom is -0.481 e. The highest BCUT2D eigenvalue weighted by molar-refractivity contribution is 7.89. The molecule has 0 aromatic carbocycles. The first-order valence-electron chi connectivity index (χ1n) is 5.70. The smallest absolute Gasteiger partial charge is 0.313 e. The van der Waals surface area contributed by atoms with Gasteiger partial charge in [0.05, 0.1) is 31.6 Å². The molecule has 0 bridgehead atoms. The predicted octanol–water partition coefficient (Wildman–Crippen LogP) is -0.568. The summed E-state index contributed by atoms with van der Waals surface area (Å²) in [4.78, 5) is 11.1. The number of carboxylic acid groups (broad SMARTS) is 1. The molecule has 106 valence electrons. The highest BCUT2D eigenvalue weighted by Crippen LogP contribution is 2.29. The monoisotopic (exact) mass is 281 g/mol. The normalized spacial score (nSPS) is 28.4. The number of rotatable bonds is 7. The maximum atomic E-state index is 11.7. The molecule has 1 fully saturated rings. The molecular formula is C10H19NO6S. The van der Waals surface area contributed by atoms with E-state index >= 15 is 0 Å². The van der Waals surface area contributed by atoms with Gasteiger partial charge in [-0.2, -0.15) is 0 Å². The third kappa shape index (κ3) is 3.64. The van der Waals surface area contributed by atoms with Crippen LogP contribution in [0, 0.1) is 5.41 Å². The lowest BCUT2D eigenvalue weighted by Crippen LogP contribution is -2.50. The number of ether oxygens (including phenoxy) is 2. The van der Waals surface area contributed by atoms with Crippen LogP contribution in [0.5, 0.6) is 0 Å². The fourth-order valence-corrected chi connectivity index (χ4v) is 2.85. The Labute approximate surface area is 107 Å².